The molecule has 0 heterocycles. The van der Waals surface area contributed by atoms with Crippen LogP contribution in [-0.2, 0) is 29.3 Å². The summed E-state index contributed by atoms with van der Waals surface area (Å²) in [4.78, 5) is 3.26. The van der Waals surface area contributed by atoms with Crippen molar-refractivity contribution in [2.45, 2.75) is 208 Å². The molecule has 0 aliphatic carbocycles. The molecule has 2 rings (SSSR count). The third-order valence-electron chi connectivity index (χ3n) is 9.81. The van der Waals surface area contributed by atoms with Gasteiger partial charge in [0, 0.05) is 0 Å². The fraction of sp³-hybridized carbons (Fsp3) is 0.640. The van der Waals surface area contributed by atoms with Crippen molar-refractivity contribution in [1.82, 2.24) is 0 Å². The van der Waals surface area contributed by atoms with E-state index >= 15 is 0 Å². The topological polar surface area (TPSA) is 36.4 Å². The van der Waals surface area contributed by atoms with Gasteiger partial charge in [0.15, 0.2) is 0 Å². The van der Waals surface area contributed by atoms with Crippen molar-refractivity contribution in [2.75, 3.05) is 0 Å². The summed E-state index contributed by atoms with van der Waals surface area (Å²) >= 11 is 0. The number of benzene rings is 2. The molecule has 0 saturated carbocycles. The van der Waals surface area contributed by atoms with Crippen LogP contribution >= 0.6 is 0 Å². The quantitative estimate of drug-likeness (QED) is 0.0165. The Morgan fingerprint density at radius 1 is 0.547 bits per heavy atom. The Bertz CT molecular complexity index is 1190. The summed E-state index contributed by atoms with van der Waals surface area (Å²) in [6.07, 6.45) is 33.1. The van der Waals surface area contributed by atoms with Crippen molar-refractivity contribution in [3.63, 3.8) is 0 Å². The zero-order chi connectivity index (χ0) is 38.5. The van der Waals surface area contributed by atoms with Gasteiger partial charge in [0.2, 0.25) is 0 Å². The van der Waals surface area contributed by atoms with Crippen molar-refractivity contribution in [3.05, 3.63) is 101 Å². The number of aryl methyl sites for hydroxylation is 2. The van der Waals surface area contributed by atoms with Gasteiger partial charge in [-0.15, -0.1) is 4.79 Å². The summed E-state index contributed by atoms with van der Waals surface area (Å²) in [6.45, 7) is 20.9. The van der Waals surface area contributed by atoms with Crippen molar-refractivity contribution < 1.29 is 21.3 Å². The van der Waals surface area contributed by atoms with E-state index in [1.807, 2.05) is 6.92 Å². The molecule has 0 unspecified atom stereocenters. The molecule has 2 aromatic carbocycles. The maximum absolute atomic E-state index is 9.25. The molecule has 0 aliphatic rings. The Balaban J connectivity index is 0. The van der Waals surface area contributed by atoms with Crippen molar-refractivity contribution in [1.29, 1.82) is 0 Å². The van der Waals surface area contributed by atoms with Gasteiger partial charge in [0.05, 0.1) is 5.57 Å². The fourth-order valence-electron chi connectivity index (χ4n) is 6.48. The van der Waals surface area contributed by atoms with E-state index in [9.17, 15) is 5.53 Å². The SMILES string of the molecule is CCCCCCc1cccc(C(=C(CCCCC)C(C)=C=[N+]=[N-])c2ccc(CCCC)cc2)c1.[CH2-]CCCCCCCC.[CH2-]CCCCCCCC.[Ni+2]. The molecule has 0 aliphatic heterocycles. The monoisotopic (exact) mass is 769 g/mol. The second-order valence-corrected chi connectivity index (χ2v) is 14.7. The Kier molecular flexibility index (Phi) is 39.5. The average Bonchev–Trinajstić information content (AvgIpc) is 3.16. The average molecular weight is 770 g/mol. The third-order valence-corrected chi connectivity index (χ3v) is 9.81. The van der Waals surface area contributed by atoms with Crippen LogP contribution in [0.1, 0.15) is 218 Å². The summed E-state index contributed by atoms with van der Waals surface area (Å²) in [6, 6.07) is 18.2. The molecule has 0 spiro atoms. The van der Waals surface area contributed by atoms with Gasteiger partial charge in [-0.25, -0.2) is 0 Å². The molecular formula is C50H82N2Ni. The van der Waals surface area contributed by atoms with E-state index < -0.39 is 0 Å². The van der Waals surface area contributed by atoms with Crippen LogP contribution in [0.25, 0.3) is 11.1 Å². The first kappa shape index (κ1) is 52.9. The molecule has 0 atom stereocenters. The molecular weight excluding hydrogens is 687 g/mol. The van der Waals surface area contributed by atoms with E-state index in [4.69, 9.17) is 0 Å². The van der Waals surface area contributed by atoms with Crippen molar-refractivity contribution in [3.8, 4) is 0 Å². The Hall–Kier alpha value is -2.17. The normalized spacial score (nSPS) is 10.8. The molecule has 0 aromatic heterocycles. The van der Waals surface area contributed by atoms with Crippen molar-refractivity contribution in [2.24, 2.45) is 0 Å². The van der Waals surface area contributed by atoms with Crippen LogP contribution < -0.4 is 0 Å². The van der Waals surface area contributed by atoms with Gasteiger partial charge in [-0.2, -0.15) is 12.8 Å². The second kappa shape index (κ2) is 39.5. The smallest absolute Gasteiger partial charge is 0.348 e. The maximum Gasteiger partial charge on any atom is 2.00 e. The Morgan fingerprint density at radius 2 is 1.02 bits per heavy atom. The molecule has 0 saturated heterocycles. The molecule has 3 heteroatoms. The van der Waals surface area contributed by atoms with Crippen LogP contribution in [0.15, 0.2) is 59.7 Å². The number of unbranched alkanes of at least 4 members (excludes halogenated alkanes) is 18. The molecule has 53 heavy (non-hydrogen) atoms. The number of nitrogens with zero attached hydrogens (tertiary/aromatic N) is 2. The first-order valence-electron chi connectivity index (χ1n) is 21.9. The molecule has 0 amide bonds. The molecule has 0 radical (unpaired) electrons. The second-order valence-electron chi connectivity index (χ2n) is 14.7. The van der Waals surface area contributed by atoms with Crippen LogP contribution in [0.5, 0.6) is 0 Å². The fourth-order valence-corrected chi connectivity index (χ4v) is 6.48. The minimum atomic E-state index is 0. The van der Waals surface area contributed by atoms with Crippen LogP contribution in [0.4, 0.5) is 0 Å². The van der Waals surface area contributed by atoms with E-state index in [1.54, 1.807) is 0 Å². The summed E-state index contributed by atoms with van der Waals surface area (Å²) in [5.41, 5.74) is 17.9. The van der Waals surface area contributed by atoms with Crippen LogP contribution in [0.2, 0.25) is 0 Å². The third kappa shape index (κ3) is 28.0. The van der Waals surface area contributed by atoms with Crippen LogP contribution in [0.3, 0.4) is 0 Å². The van der Waals surface area contributed by atoms with E-state index in [1.165, 1.54) is 162 Å². The molecule has 0 fully saturated rings. The van der Waals surface area contributed by atoms with E-state index in [-0.39, 0.29) is 16.5 Å². The van der Waals surface area contributed by atoms with Gasteiger partial charge in [0.25, 0.3) is 0 Å². The first-order valence-corrected chi connectivity index (χ1v) is 21.9. The largest absolute Gasteiger partial charge is 2.00 e. The van der Waals surface area contributed by atoms with E-state index in [0.29, 0.717) is 0 Å². The van der Waals surface area contributed by atoms with Crippen LogP contribution in [-0.4, -0.2) is 10.7 Å². The summed E-state index contributed by atoms with van der Waals surface area (Å²) in [7, 11) is 0. The standard InChI is InChI=1S/C32H44N2.2C9H19.Ni/c1-5-8-11-13-16-28-17-14-18-30(24-28)32(29-22-20-27(21-23-29)15-10-7-3)31(19-12-9-6-2)26(4)25-34-33;2*1-3-5-7-9-8-6-4-2;/h14,17-18,20-24H,5-13,15-16,19H2,1-4H3;2*1,3-9H2,2H3;/q;2*-1;+2. The molecule has 302 valence electrons. The molecule has 0 bridgehead atoms. The summed E-state index contributed by atoms with van der Waals surface area (Å²) in [5.74, 6) is 2.83. The van der Waals surface area contributed by atoms with Gasteiger partial charge < -0.3 is 19.4 Å². The Morgan fingerprint density at radius 3 is 1.53 bits per heavy atom. The maximum atomic E-state index is 9.25. The van der Waals surface area contributed by atoms with Gasteiger partial charge in [0.1, 0.15) is 0 Å². The summed E-state index contributed by atoms with van der Waals surface area (Å²) in [5, 5.41) is 0. The van der Waals surface area contributed by atoms with Crippen LogP contribution in [0, 0.1) is 13.8 Å². The minimum Gasteiger partial charge on any atom is -0.348 e. The molecule has 2 aromatic rings. The van der Waals surface area contributed by atoms with Gasteiger partial charge in [-0.3, -0.25) is 0 Å². The number of rotatable bonds is 27. The minimum absolute atomic E-state index is 0. The zero-order valence-corrected chi connectivity index (χ0v) is 36.6. The molecule has 0 N–H and O–H groups in total. The predicted molar refractivity (Wildman–Crippen MR) is 234 cm³/mol. The summed E-state index contributed by atoms with van der Waals surface area (Å²) < 4.78 is 0. The number of hydrogen-bond donors (Lipinski definition) is 0. The van der Waals surface area contributed by atoms with Gasteiger partial charge >= 0.3 is 22.4 Å². The number of allylic oxidation sites excluding steroid dienone is 2. The van der Waals surface area contributed by atoms with Gasteiger partial charge in [-0.1, -0.05) is 199 Å². The number of hydrogen-bond acceptors (Lipinski definition) is 0. The van der Waals surface area contributed by atoms with E-state index in [0.717, 1.165) is 44.1 Å². The zero-order valence-electron chi connectivity index (χ0n) is 35.6. The molecule has 2 nitrogen and oxygen atoms in total. The first-order chi connectivity index (χ1) is 25.5. The predicted octanol–water partition coefficient (Wildman–Crippen LogP) is 16.5. The Labute approximate surface area is 341 Å². The van der Waals surface area contributed by atoms with Gasteiger partial charge in [-0.05, 0) is 78.8 Å². The van der Waals surface area contributed by atoms with Crippen molar-refractivity contribution >= 4 is 11.4 Å². The van der Waals surface area contributed by atoms with E-state index in [2.05, 4.69) is 108 Å².